The van der Waals surface area contributed by atoms with Crippen LogP contribution in [0.25, 0.3) is 0 Å². The molecule has 174 valence electrons. The Morgan fingerprint density at radius 2 is 2.12 bits per heavy atom. The highest BCUT2D eigenvalue weighted by atomic mass is 35.5. The number of carbonyl (C=O) groups excluding carboxylic acids is 3. The van der Waals surface area contributed by atoms with E-state index in [4.69, 9.17) is 16.3 Å². The Labute approximate surface area is 197 Å². The number of aryl methyl sites for hydroxylation is 1. The van der Waals surface area contributed by atoms with E-state index < -0.39 is 33.4 Å². The third-order valence-electron chi connectivity index (χ3n) is 7.21. The van der Waals surface area contributed by atoms with Crippen molar-refractivity contribution in [3.8, 4) is 0 Å². The van der Waals surface area contributed by atoms with Gasteiger partial charge >= 0.3 is 5.97 Å². The number of nitrogens with one attached hydrogen (secondary N) is 1. The third kappa shape index (κ3) is 3.25. The van der Waals surface area contributed by atoms with E-state index in [1.54, 1.807) is 37.7 Å². The first-order valence-corrected chi connectivity index (χ1v) is 12.2. The zero-order valence-corrected chi connectivity index (χ0v) is 20.3. The van der Waals surface area contributed by atoms with Crippen molar-refractivity contribution in [2.75, 3.05) is 18.5 Å². The maximum absolute atomic E-state index is 13.8. The summed E-state index contributed by atoms with van der Waals surface area (Å²) in [5.74, 6) is -2.29. The van der Waals surface area contributed by atoms with Gasteiger partial charge in [-0.25, -0.2) is 0 Å². The van der Waals surface area contributed by atoms with Gasteiger partial charge in [0.2, 0.25) is 11.8 Å². The van der Waals surface area contributed by atoms with Gasteiger partial charge in [-0.3, -0.25) is 14.4 Å². The molecule has 2 amide bonds. The minimum absolute atomic E-state index is 0.233. The van der Waals surface area contributed by atoms with Gasteiger partial charge < -0.3 is 20.1 Å². The number of likely N-dealkylation sites (tertiary alicyclic amines) is 1. The highest BCUT2D eigenvalue weighted by molar-refractivity contribution is 8.02. The molecular weight excluding hydrogens is 452 g/mol. The van der Waals surface area contributed by atoms with Gasteiger partial charge in [0.25, 0.3) is 0 Å². The van der Waals surface area contributed by atoms with Crippen LogP contribution in [-0.2, 0) is 19.1 Å². The zero-order valence-electron chi connectivity index (χ0n) is 18.7. The molecule has 0 aliphatic carbocycles. The number of ether oxygens (including phenoxy) is 1. The number of nitrogens with zero attached hydrogens (tertiary/aromatic N) is 1. The number of aliphatic hydroxyl groups is 1. The van der Waals surface area contributed by atoms with Crippen LogP contribution in [0.2, 0.25) is 5.02 Å². The predicted molar refractivity (Wildman–Crippen MR) is 124 cm³/mol. The number of carbonyl (C=O) groups is 3. The molecule has 7 nitrogen and oxygen atoms in total. The van der Waals surface area contributed by atoms with E-state index in [0.717, 1.165) is 5.56 Å². The number of amides is 2. The van der Waals surface area contributed by atoms with Crippen molar-refractivity contribution in [3.05, 3.63) is 28.8 Å². The minimum atomic E-state index is -0.830. The van der Waals surface area contributed by atoms with Crippen LogP contribution in [0, 0.1) is 18.8 Å². The number of rotatable bonds is 6. The van der Waals surface area contributed by atoms with Crippen LogP contribution in [0.5, 0.6) is 0 Å². The van der Waals surface area contributed by atoms with E-state index in [0.29, 0.717) is 23.6 Å². The molecular formula is C23H29ClN2O5S. The molecule has 3 saturated heterocycles. The van der Waals surface area contributed by atoms with Crippen molar-refractivity contribution < 1.29 is 24.2 Å². The second-order valence-corrected chi connectivity index (χ2v) is 11.5. The Balaban J connectivity index is 1.78. The molecule has 3 heterocycles. The standard InChI is InChI=1S/C23H29ClN2O5S/c1-5-31-21(30)16-15-20(29)26(13(3)11-27)18(23(15)10-9-22(16,4)32-23)19(28)25-17-12(2)7-6-8-14(17)24/h6-8,13,15-16,18,27H,5,9-11H2,1-4H3,(H,25,28)/t13-,15+,16+,18?,22-,23?/m1/s1. The fourth-order valence-electron chi connectivity index (χ4n) is 5.80. The number of hydrogen-bond acceptors (Lipinski definition) is 6. The van der Waals surface area contributed by atoms with Crippen molar-refractivity contribution in [2.45, 2.75) is 62.1 Å². The first-order valence-electron chi connectivity index (χ1n) is 11.0. The quantitative estimate of drug-likeness (QED) is 0.607. The summed E-state index contributed by atoms with van der Waals surface area (Å²) in [6.07, 6.45) is 1.34. The molecule has 9 heteroatoms. The summed E-state index contributed by atoms with van der Waals surface area (Å²) >= 11 is 7.91. The molecule has 1 aromatic rings. The molecule has 0 radical (unpaired) electrons. The number of fused-ring (bicyclic) bond motifs is 1. The van der Waals surface area contributed by atoms with Gasteiger partial charge in [-0.15, -0.1) is 11.8 Å². The maximum atomic E-state index is 13.8. The molecule has 4 rings (SSSR count). The Bertz CT molecular complexity index is 953. The fourth-order valence-corrected chi connectivity index (χ4v) is 8.40. The molecule has 1 aromatic carbocycles. The van der Waals surface area contributed by atoms with E-state index in [1.165, 1.54) is 4.90 Å². The van der Waals surface area contributed by atoms with Gasteiger partial charge in [-0.1, -0.05) is 23.7 Å². The third-order valence-corrected chi connectivity index (χ3v) is 9.51. The fraction of sp³-hybridized carbons (Fsp3) is 0.609. The molecule has 0 saturated carbocycles. The molecule has 0 aromatic heterocycles. The van der Waals surface area contributed by atoms with Crippen molar-refractivity contribution >= 4 is 46.8 Å². The lowest BCUT2D eigenvalue weighted by molar-refractivity contribution is -0.155. The van der Waals surface area contributed by atoms with Crippen LogP contribution >= 0.6 is 23.4 Å². The summed E-state index contributed by atoms with van der Waals surface area (Å²) in [5.41, 5.74) is 1.32. The summed E-state index contributed by atoms with van der Waals surface area (Å²) in [6.45, 7) is 7.26. The smallest absolute Gasteiger partial charge is 0.311 e. The Kier molecular flexibility index (Phi) is 6.01. The van der Waals surface area contributed by atoms with Crippen molar-refractivity contribution in [2.24, 2.45) is 11.8 Å². The number of para-hydroxylation sites is 1. The highest BCUT2D eigenvalue weighted by Gasteiger charge is 2.77. The number of hydrogen-bond donors (Lipinski definition) is 2. The monoisotopic (exact) mass is 480 g/mol. The van der Waals surface area contributed by atoms with E-state index >= 15 is 0 Å². The topological polar surface area (TPSA) is 95.9 Å². The van der Waals surface area contributed by atoms with Gasteiger partial charge in [-0.05, 0) is 52.2 Å². The van der Waals surface area contributed by atoms with Crippen molar-refractivity contribution in [1.82, 2.24) is 4.90 Å². The lowest BCUT2D eigenvalue weighted by atomic mass is 9.66. The number of thioether (sulfide) groups is 1. The van der Waals surface area contributed by atoms with E-state index in [2.05, 4.69) is 5.32 Å². The number of anilines is 1. The van der Waals surface area contributed by atoms with Crippen molar-refractivity contribution in [1.29, 1.82) is 0 Å². The second kappa shape index (κ2) is 8.22. The zero-order chi connectivity index (χ0) is 23.4. The average molecular weight is 481 g/mol. The van der Waals surface area contributed by atoms with Crippen LogP contribution in [0.15, 0.2) is 18.2 Å². The van der Waals surface area contributed by atoms with Gasteiger partial charge in [0.1, 0.15) is 6.04 Å². The lowest BCUT2D eigenvalue weighted by Crippen LogP contribution is -2.54. The van der Waals surface area contributed by atoms with E-state index in [1.807, 2.05) is 19.9 Å². The molecule has 1 spiro atoms. The van der Waals surface area contributed by atoms with Crippen LogP contribution in [0.1, 0.15) is 39.2 Å². The SMILES string of the molecule is CCOC(=O)[C@@H]1[C@H]2C(=O)N([C@H](C)CO)C(C(=O)Nc3c(C)cccc3Cl)C23CC[C@@]1(C)S3. The van der Waals surface area contributed by atoms with E-state index in [-0.39, 0.29) is 31.0 Å². The van der Waals surface area contributed by atoms with Crippen LogP contribution in [-0.4, -0.2) is 62.6 Å². The lowest BCUT2D eigenvalue weighted by Gasteiger charge is -2.36. The summed E-state index contributed by atoms with van der Waals surface area (Å²) in [4.78, 5) is 41.9. The second-order valence-electron chi connectivity index (χ2n) is 9.18. The molecule has 32 heavy (non-hydrogen) atoms. The van der Waals surface area contributed by atoms with Gasteiger partial charge in [0, 0.05) is 4.75 Å². The first kappa shape index (κ1) is 23.4. The Morgan fingerprint density at radius 3 is 2.75 bits per heavy atom. The predicted octanol–water partition coefficient (Wildman–Crippen LogP) is 3.01. The average Bonchev–Trinajstić information content (AvgIpc) is 3.31. The first-order chi connectivity index (χ1) is 15.1. The van der Waals surface area contributed by atoms with Crippen LogP contribution in [0.4, 0.5) is 5.69 Å². The summed E-state index contributed by atoms with van der Waals surface area (Å²) < 4.78 is 4.12. The molecule has 2 unspecified atom stereocenters. The Morgan fingerprint density at radius 1 is 1.41 bits per heavy atom. The summed E-state index contributed by atoms with van der Waals surface area (Å²) in [7, 11) is 0. The van der Waals surface area contributed by atoms with Gasteiger partial charge in [0.05, 0.1) is 46.5 Å². The van der Waals surface area contributed by atoms with E-state index in [9.17, 15) is 19.5 Å². The molecule has 2 N–H and O–H groups in total. The minimum Gasteiger partial charge on any atom is -0.466 e. The largest absolute Gasteiger partial charge is 0.466 e. The normalized spacial score (nSPS) is 33.9. The maximum Gasteiger partial charge on any atom is 0.311 e. The number of aliphatic hydroxyl groups excluding tert-OH is 1. The number of benzene rings is 1. The van der Waals surface area contributed by atoms with Crippen LogP contribution in [0.3, 0.4) is 0 Å². The molecule has 6 atom stereocenters. The molecule has 2 bridgehead atoms. The van der Waals surface area contributed by atoms with Gasteiger partial charge in [0.15, 0.2) is 0 Å². The molecule has 3 aliphatic rings. The van der Waals surface area contributed by atoms with Crippen LogP contribution < -0.4 is 5.32 Å². The summed E-state index contributed by atoms with van der Waals surface area (Å²) in [6, 6.07) is 3.96. The highest BCUT2D eigenvalue weighted by Crippen LogP contribution is 2.71. The summed E-state index contributed by atoms with van der Waals surface area (Å²) in [5, 5.41) is 13.2. The number of esters is 1. The van der Waals surface area contributed by atoms with Crippen molar-refractivity contribution in [3.63, 3.8) is 0 Å². The number of halogens is 1. The molecule has 3 fully saturated rings. The Hall–Kier alpha value is -1.77. The van der Waals surface area contributed by atoms with Gasteiger partial charge in [-0.2, -0.15) is 0 Å². The molecule has 3 aliphatic heterocycles.